The molecule has 0 aromatic carbocycles. The van der Waals surface area contributed by atoms with Crippen LogP contribution in [0, 0.1) is 0 Å². The van der Waals surface area contributed by atoms with Crippen LogP contribution < -0.4 is 0 Å². The molecule has 7 nitrogen and oxygen atoms in total. The van der Waals surface area contributed by atoms with E-state index in [9.17, 15) is 26.4 Å². The van der Waals surface area contributed by atoms with Crippen LogP contribution in [0.15, 0.2) is 11.1 Å². The Balaban J connectivity index is 3.30. The van der Waals surface area contributed by atoms with Crippen LogP contribution in [0.3, 0.4) is 0 Å². The monoisotopic (exact) mass is 315 g/mol. The lowest BCUT2D eigenvalue weighted by Gasteiger charge is -2.20. The molecule has 0 aliphatic carbocycles. The molecular weight excluding hydrogens is 303 g/mol. The lowest BCUT2D eigenvalue weighted by Crippen LogP contribution is -2.40. The lowest BCUT2D eigenvalue weighted by molar-refractivity contribution is -0.142. The number of nitrogens with zero attached hydrogens (tertiary/aromatic N) is 3. The van der Waals surface area contributed by atoms with Crippen molar-refractivity contribution in [3.8, 4) is 0 Å². The number of likely N-dealkylation sites (N-methyl/N-ethyl adjacent to an activating group) is 1. The number of rotatable bonds is 4. The number of halogens is 3. The zero-order valence-electron chi connectivity index (χ0n) is 10.7. The predicted molar refractivity (Wildman–Crippen MR) is 60.3 cm³/mol. The molecule has 0 radical (unpaired) electrons. The molecular formula is C9H12F3N3O4S. The first kappa shape index (κ1) is 16.4. The van der Waals surface area contributed by atoms with Gasteiger partial charge in [0.05, 0.1) is 0 Å². The number of hydrogen-bond donors (Lipinski definition) is 1. The van der Waals surface area contributed by atoms with Gasteiger partial charge in [-0.15, -0.1) is 0 Å². The Kier molecular flexibility index (Phi) is 4.15. The maximum atomic E-state index is 12.5. The van der Waals surface area contributed by atoms with Crippen molar-refractivity contribution < 1.29 is 31.5 Å². The molecule has 0 saturated heterocycles. The SMILES string of the molecule is CC(C(=O)O)N(C)S(=O)(=O)c1cc(C(F)(F)F)nn1C. The summed E-state index contributed by atoms with van der Waals surface area (Å²) < 4.78 is 62.6. The zero-order valence-corrected chi connectivity index (χ0v) is 11.5. The lowest BCUT2D eigenvalue weighted by atomic mass is 10.4. The van der Waals surface area contributed by atoms with Crippen LogP contribution in [0.2, 0.25) is 0 Å². The van der Waals surface area contributed by atoms with E-state index in [-0.39, 0.29) is 0 Å². The summed E-state index contributed by atoms with van der Waals surface area (Å²) in [5.41, 5.74) is -1.37. The highest BCUT2D eigenvalue weighted by Crippen LogP contribution is 2.30. The van der Waals surface area contributed by atoms with E-state index in [1.165, 1.54) is 0 Å². The molecule has 0 amide bonds. The van der Waals surface area contributed by atoms with Gasteiger partial charge in [0.1, 0.15) is 6.04 Å². The van der Waals surface area contributed by atoms with E-state index in [2.05, 4.69) is 5.10 Å². The van der Waals surface area contributed by atoms with Crippen LogP contribution in [-0.4, -0.2) is 46.7 Å². The number of aryl methyl sites for hydroxylation is 1. The average molecular weight is 315 g/mol. The van der Waals surface area contributed by atoms with Crippen molar-refractivity contribution in [2.45, 2.75) is 24.2 Å². The highest BCUT2D eigenvalue weighted by atomic mass is 32.2. The van der Waals surface area contributed by atoms with Gasteiger partial charge in [0.2, 0.25) is 0 Å². The Morgan fingerprint density at radius 2 is 2.00 bits per heavy atom. The molecule has 1 atom stereocenters. The summed E-state index contributed by atoms with van der Waals surface area (Å²) >= 11 is 0. The summed E-state index contributed by atoms with van der Waals surface area (Å²) in [6.45, 7) is 1.10. The van der Waals surface area contributed by atoms with E-state index >= 15 is 0 Å². The first-order chi connectivity index (χ1) is 8.89. The highest BCUT2D eigenvalue weighted by molar-refractivity contribution is 7.89. The van der Waals surface area contributed by atoms with Crippen molar-refractivity contribution in [2.75, 3.05) is 7.05 Å². The van der Waals surface area contributed by atoms with Crippen molar-refractivity contribution in [1.82, 2.24) is 14.1 Å². The Bertz CT molecular complexity index is 623. The third-order valence-corrected chi connectivity index (χ3v) is 4.66. The molecule has 0 aliphatic heterocycles. The standard InChI is InChI=1S/C9H12F3N3O4S/c1-5(8(16)17)15(3)20(18,19)7-4-6(9(10,11)12)13-14(7)2/h4-5H,1-3H3,(H,16,17). The summed E-state index contributed by atoms with van der Waals surface area (Å²) in [5.74, 6) is -1.42. The average Bonchev–Trinajstić information content (AvgIpc) is 2.69. The molecule has 0 saturated carbocycles. The van der Waals surface area contributed by atoms with Gasteiger partial charge >= 0.3 is 12.1 Å². The topological polar surface area (TPSA) is 92.5 Å². The highest BCUT2D eigenvalue weighted by Gasteiger charge is 2.38. The minimum absolute atomic E-state index is 0.362. The summed E-state index contributed by atoms with van der Waals surface area (Å²) in [4.78, 5) is 10.8. The summed E-state index contributed by atoms with van der Waals surface area (Å²) in [7, 11) is -2.40. The van der Waals surface area contributed by atoms with E-state index in [0.29, 0.717) is 15.1 Å². The Labute approximate surface area is 112 Å². The number of aliphatic carboxylic acids is 1. The maximum absolute atomic E-state index is 12.5. The van der Waals surface area contributed by atoms with Crippen LogP contribution in [0.4, 0.5) is 13.2 Å². The second-order valence-electron chi connectivity index (χ2n) is 4.02. The molecule has 11 heteroatoms. The van der Waals surface area contributed by atoms with E-state index < -0.39 is 38.9 Å². The van der Waals surface area contributed by atoms with Crippen LogP contribution in [0.5, 0.6) is 0 Å². The molecule has 0 aliphatic rings. The van der Waals surface area contributed by atoms with Gasteiger partial charge in [-0.25, -0.2) is 8.42 Å². The van der Waals surface area contributed by atoms with Crippen molar-refractivity contribution in [2.24, 2.45) is 7.05 Å². The number of carboxylic acids is 1. The van der Waals surface area contributed by atoms with Crippen molar-refractivity contribution in [3.63, 3.8) is 0 Å². The largest absolute Gasteiger partial charge is 0.480 e. The van der Waals surface area contributed by atoms with Crippen LogP contribution in [0.25, 0.3) is 0 Å². The van der Waals surface area contributed by atoms with Gasteiger partial charge in [-0.1, -0.05) is 0 Å². The van der Waals surface area contributed by atoms with Gasteiger partial charge in [0.15, 0.2) is 10.7 Å². The van der Waals surface area contributed by atoms with Gasteiger partial charge in [0.25, 0.3) is 10.0 Å². The summed E-state index contributed by atoms with van der Waals surface area (Å²) in [5, 5.41) is 11.1. The second-order valence-corrected chi connectivity index (χ2v) is 5.97. The predicted octanol–water partition coefficient (Wildman–Crippen LogP) is 0.533. The molecule has 1 unspecified atom stereocenters. The molecule has 1 heterocycles. The van der Waals surface area contributed by atoms with E-state index in [0.717, 1.165) is 21.0 Å². The van der Waals surface area contributed by atoms with Crippen LogP contribution in [0.1, 0.15) is 12.6 Å². The Hall–Kier alpha value is -1.62. The number of carboxylic acid groups (broad SMARTS) is 1. The van der Waals surface area contributed by atoms with Gasteiger partial charge in [-0.3, -0.25) is 9.48 Å². The maximum Gasteiger partial charge on any atom is 0.435 e. The number of hydrogen-bond acceptors (Lipinski definition) is 4. The molecule has 1 N–H and O–H groups in total. The van der Waals surface area contributed by atoms with Gasteiger partial charge in [-0.05, 0) is 6.92 Å². The third-order valence-electron chi connectivity index (χ3n) is 2.67. The molecule has 114 valence electrons. The van der Waals surface area contributed by atoms with Crippen LogP contribution in [-0.2, 0) is 28.0 Å². The fourth-order valence-electron chi connectivity index (χ4n) is 1.34. The number of carbonyl (C=O) groups is 1. The first-order valence-electron chi connectivity index (χ1n) is 5.21. The molecule has 1 aromatic rings. The molecule has 20 heavy (non-hydrogen) atoms. The molecule has 0 spiro atoms. The number of sulfonamides is 1. The zero-order chi connectivity index (χ0) is 15.9. The van der Waals surface area contributed by atoms with E-state index in [1.54, 1.807) is 0 Å². The smallest absolute Gasteiger partial charge is 0.435 e. The van der Waals surface area contributed by atoms with Gasteiger partial charge in [0, 0.05) is 20.2 Å². The first-order valence-corrected chi connectivity index (χ1v) is 6.65. The fourth-order valence-corrected chi connectivity index (χ4v) is 2.78. The summed E-state index contributed by atoms with van der Waals surface area (Å²) in [6, 6.07) is -1.07. The number of aromatic nitrogens is 2. The molecule has 1 rings (SSSR count). The normalized spacial score (nSPS) is 14.6. The third kappa shape index (κ3) is 2.93. The minimum Gasteiger partial charge on any atom is -0.480 e. The second kappa shape index (κ2) is 5.05. The van der Waals surface area contributed by atoms with Crippen molar-refractivity contribution in [1.29, 1.82) is 0 Å². The van der Waals surface area contributed by atoms with E-state index in [1.807, 2.05) is 0 Å². The molecule has 0 bridgehead atoms. The molecule has 1 aromatic heterocycles. The minimum atomic E-state index is -4.79. The molecule has 0 fully saturated rings. The van der Waals surface area contributed by atoms with Crippen molar-refractivity contribution in [3.05, 3.63) is 11.8 Å². The Morgan fingerprint density at radius 1 is 1.50 bits per heavy atom. The Morgan fingerprint density at radius 3 is 2.35 bits per heavy atom. The quantitative estimate of drug-likeness (QED) is 0.875. The van der Waals surface area contributed by atoms with Gasteiger partial charge in [-0.2, -0.15) is 22.6 Å². The summed E-state index contributed by atoms with van der Waals surface area (Å²) in [6.07, 6.45) is -4.79. The fraction of sp³-hybridized carbons (Fsp3) is 0.556. The van der Waals surface area contributed by atoms with Gasteiger partial charge < -0.3 is 5.11 Å². The van der Waals surface area contributed by atoms with Crippen molar-refractivity contribution >= 4 is 16.0 Å². The van der Waals surface area contributed by atoms with E-state index in [4.69, 9.17) is 5.11 Å². The van der Waals surface area contributed by atoms with Crippen LogP contribution >= 0.6 is 0 Å². The number of alkyl halides is 3.